The summed E-state index contributed by atoms with van der Waals surface area (Å²) >= 11 is 0. The van der Waals surface area contributed by atoms with Crippen molar-refractivity contribution < 1.29 is 0 Å². The maximum absolute atomic E-state index is 5.66. The van der Waals surface area contributed by atoms with Gasteiger partial charge in [0, 0.05) is 17.8 Å². The van der Waals surface area contributed by atoms with Crippen molar-refractivity contribution >= 4 is 11.4 Å². The van der Waals surface area contributed by atoms with Crippen LogP contribution < -0.4 is 10.2 Å². The van der Waals surface area contributed by atoms with Crippen molar-refractivity contribution in [2.45, 2.75) is 6.92 Å². The highest BCUT2D eigenvalue weighted by Crippen LogP contribution is 2.21. The minimum absolute atomic E-state index is 0.815. The molecular weight excluding hydrogens is 172 g/mol. The molecule has 1 unspecified atom stereocenters. The normalized spacial score (nSPS) is 14.7. The first kappa shape index (κ1) is 10.8. The summed E-state index contributed by atoms with van der Waals surface area (Å²) in [6.07, 6.45) is 1.96. The Bertz CT molecular complexity index is 303. The summed E-state index contributed by atoms with van der Waals surface area (Å²) in [4.78, 5) is 0. The van der Waals surface area contributed by atoms with E-state index in [0.717, 1.165) is 23.3 Å². The highest BCUT2D eigenvalue weighted by molar-refractivity contribution is 5.50. The number of anilines is 1. The Kier molecular flexibility index (Phi) is 3.31. The fourth-order valence-electron chi connectivity index (χ4n) is 1.54. The van der Waals surface area contributed by atoms with Crippen LogP contribution in [0.3, 0.4) is 0 Å². The number of nitrogens with zero attached hydrogens (tertiary/aromatic N) is 1. The van der Waals surface area contributed by atoms with Gasteiger partial charge in [0.2, 0.25) is 0 Å². The molecule has 2 nitrogen and oxygen atoms in total. The van der Waals surface area contributed by atoms with Gasteiger partial charge in [-0.1, -0.05) is 6.58 Å². The maximum Gasteiger partial charge on any atom is 0.133 e. The number of nitrogen functional groups attached to an aromatic ring is 1. The van der Waals surface area contributed by atoms with E-state index >= 15 is 0 Å². The third kappa shape index (κ3) is 2.15. The molecule has 0 saturated heterocycles. The van der Waals surface area contributed by atoms with E-state index in [1.54, 1.807) is 0 Å². The predicted molar refractivity (Wildman–Crippen MR) is 64.2 cm³/mol. The van der Waals surface area contributed by atoms with Gasteiger partial charge in [0.1, 0.15) is 12.2 Å². The van der Waals surface area contributed by atoms with Gasteiger partial charge in [-0.3, -0.25) is 4.48 Å². The fourth-order valence-corrected chi connectivity index (χ4v) is 1.54. The summed E-state index contributed by atoms with van der Waals surface area (Å²) in [7, 11) is 2.20. The second kappa shape index (κ2) is 4.29. The Morgan fingerprint density at radius 2 is 1.93 bits per heavy atom. The molecule has 2 heteroatoms. The standard InChI is InChI=1S/C12H19N2/c1-4-10-14(3,5-2)12-8-6-11(13)7-9-12/h4,6-9H,1,5,10,13H2,2-3H3/q+1. The van der Waals surface area contributed by atoms with Crippen LogP contribution in [-0.2, 0) is 0 Å². The highest BCUT2D eigenvalue weighted by atomic mass is 15.3. The Morgan fingerprint density at radius 1 is 1.36 bits per heavy atom. The Labute approximate surface area is 86.2 Å². The first-order valence-corrected chi connectivity index (χ1v) is 4.94. The van der Waals surface area contributed by atoms with Crippen molar-refractivity contribution in [3.8, 4) is 0 Å². The molecule has 0 aliphatic rings. The molecule has 0 aliphatic carbocycles. The highest BCUT2D eigenvalue weighted by Gasteiger charge is 2.20. The fraction of sp³-hybridized carbons (Fsp3) is 0.333. The average molecular weight is 191 g/mol. The summed E-state index contributed by atoms with van der Waals surface area (Å²) in [5.41, 5.74) is 7.75. The van der Waals surface area contributed by atoms with Crippen molar-refractivity contribution in [2.24, 2.45) is 0 Å². The molecular formula is C12H19N2+. The quantitative estimate of drug-likeness (QED) is 0.441. The van der Waals surface area contributed by atoms with Gasteiger partial charge in [0.05, 0.1) is 13.6 Å². The Morgan fingerprint density at radius 3 is 2.36 bits per heavy atom. The molecule has 14 heavy (non-hydrogen) atoms. The number of benzene rings is 1. The van der Waals surface area contributed by atoms with Gasteiger partial charge in [0.25, 0.3) is 0 Å². The molecule has 0 aromatic heterocycles. The predicted octanol–water partition coefficient (Wildman–Crippen LogP) is 2.41. The van der Waals surface area contributed by atoms with Gasteiger partial charge in [-0.15, -0.1) is 0 Å². The molecule has 1 aromatic rings. The van der Waals surface area contributed by atoms with Gasteiger partial charge >= 0.3 is 0 Å². The van der Waals surface area contributed by atoms with Gasteiger partial charge < -0.3 is 5.73 Å². The SMILES string of the molecule is C=CC[N+](C)(CC)c1ccc(N)cc1. The van der Waals surface area contributed by atoms with E-state index < -0.39 is 0 Å². The van der Waals surface area contributed by atoms with Crippen LogP contribution in [0, 0.1) is 0 Å². The number of rotatable bonds is 4. The Hall–Kier alpha value is -1.28. The van der Waals surface area contributed by atoms with Gasteiger partial charge in [0.15, 0.2) is 0 Å². The molecule has 0 spiro atoms. The first-order chi connectivity index (χ1) is 6.62. The van der Waals surface area contributed by atoms with E-state index in [2.05, 4.69) is 32.7 Å². The molecule has 2 N–H and O–H groups in total. The number of likely N-dealkylation sites (N-methyl/N-ethyl adjacent to an activating group) is 1. The van der Waals surface area contributed by atoms with Gasteiger partial charge in [-0.05, 0) is 25.1 Å². The van der Waals surface area contributed by atoms with Gasteiger partial charge in [-0.25, -0.2) is 0 Å². The molecule has 0 aliphatic heterocycles. The minimum Gasteiger partial charge on any atom is -0.399 e. The van der Waals surface area contributed by atoms with Crippen LogP contribution in [0.4, 0.5) is 11.4 Å². The molecule has 1 rings (SSSR count). The van der Waals surface area contributed by atoms with Crippen molar-refractivity contribution in [3.05, 3.63) is 36.9 Å². The number of quaternary nitrogens is 1. The molecule has 0 amide bonds. The molecule has 0 radical (unpaired) electrons. The Balaban J connectivity index is 2.99. The topological polar surface area (TPSA) is 26.0 Å². The molecule has 0 bridgehead atoms. The first-order valence-electron chi connectivity index (χ1n) is 4.94. The molecule has 0 saturated carbocycles. The van der Waals surface area contributed by atoms with E-state index in [9.17, 15) is 0 Å². The summed E-state index contributed by atoms with van der Waals surface area (Å²) in [5.74, 6) is 0. The molecule has 0 heterocycles. The molecule has 1 atom stereocenters. The van der Waals surface area contributed by atoms with Crippen LogP contribution in [0.5, 0.6) is 0 Å². The lowest BCUT2D eigenvalue weighted by Crippen LogP contribution is -2.44. The maximum atomic E-state index is 5.66. The van der Waals surface area contributed by atoms with Crippen molar-refractivity contribution in [1.82, 2.24) is 4.48 Å². The van der Waals surface area contributed by atoms with E-state index in [4.69, 9.17) is 5.73 Å². The lowest BCUT2D eigenvalue weighted by molar-refractivity contribution is 0.383. The summed E-state index contributed by atoms with van der Waals surface area (Å²) in [6, 6.07) is 8.07. The number of nitrogens with two attached hydrogens (primary N) is 1. The van der Waals surface area contributed by atoms with E-state index in [0.29, 0.717) is 0 Å². The van der Waals surface area contributed by atoms with Crippen LogP contribution in [0.15, 0.2) is 36.9 Å². The summed E-state index contributed by atoms with van der Waals surface area (Å²) in [6.45, 7) is 7.97. The lowest BCUT2D eigenvalue weighted by atomic mass is 10.2. The third-order valence-electron chi connectivity index (χ3n) is 2.75. The van der Waals surface area contributed by atoms with Crippen LogP contribution in [-0.4, -0.2) is 20.1 Å². The van der Waals surface area contributed by atoms with E-state index in [1.165, 1.54) is 5.69 Å². The number of hydrogen-bond acceptors (Lipinski definition) is 1. The van der Waals surface area contributed by atoms with Crippen molar-refractivity contribution in [2.75, 3.05) is 25.9 Å². The van der Waals surface area contributed by atoms with Crippen molar-refractivity contribution in [1.29, 1.82) is 0 Å². The zero-order valence-electron chi connectivity index (χ0n) is 9.03. The van der Waals surface area contributed by atoms with Crippen LogP contribution in [0.25, 0.3) is 0 Å². The summed E-state index contributed by atoms with van der Waals surface area (Å²) in [5, 5.41) is 0. The van der Waals surface area contributed by atoms with Crippen LogP contribution in [0.2, 0.25) is 0 Å². The van der Waals surface area contributed by atoms with E-state index in [-0.39, 0.29) is 0 Å². The average Bonchev–Trinajstić information content (AvgIpc) is 2.19. The third-order valence-corrected chi connectivity index (χ3v) is 2.75. The monoisotopic (exact) mass is 191 g/mol. The molecule has 0 fully saturated rings. The number of hydrogen-bond donors (Lipinski definition) is 1. The minimum atomic E-state index is 0.815. The zero-order valence-corrected chi connectivity index (χ0v) is 9.03. The van der Waals surface area contributed by atoms with Crippen molar-refractivity contribution in [3.63, 3.8) is 0 Å². The zero-order chi connectivity index (χ0) is 10.6. The lowest BCUT2D eigenvalue weighted by Gasteiger charge is -2.31. The second-order valence-corrected chi connectivity index (χ2v) is 3.77. The summed E-state index contributed by atoms with van der Waals surface area (Å²) < 4.78 is 0.879. The second-order valence-electron chi connectivity index (χ2n) is 3.77. The largest absolute Gasteiger partial charge is 0.399 e. The smallest absolute Gasteiger partial charge is 0.133 e. The van der Waals surface area contributed by atoms with Crippen LogP contribution >= 0.6 is 0 Å². The van der Waals surface area contributed by atoms with Crippen LogP contribution in [0.1, 0.15) is 6.92 Å². The molecule has 76 valence electrons. The van der Waals surface area contributed by atoms with Gasteiger partial charge in [-0.2, -0.15) is 0 Å². The van der Waals surface area contributed by atoms with E-state index in [1.807, 2.05) is 18.2 Å². The molecule has 1 aromatic carbocycles.